The second-order valence-electron chi connectivity index (χ2n) is 8.30. The molecule has 36 heavy (non-hydrogen) atoms. The molecule has 0 unspecified atom stereocenters. The second kappa shape index (κ2) is 9.31. The molecule has 0 bridgehead atoms. The van der Waals surface area contributed by atoms with Crippen LogP contribution in [0.2, 0.25) is 0 Å². The number of nitrogens with zero attached hydrogens (tertiary/aromatic N) is 2. The molecule has 182 valence electrons. The quantitative estimate of drug-likeness (QED) is 0.222. The lowest BCUT2D eigenvalue weighted by atomic mass is 10.1. The number of H-pyrrole nitrogens is 1. The topological polar surface area (TPSA) is 126 Å². The van der Waals surface area contributed by atoms with Crippen molar-refractivity contribution in [3.8, 4) is 0 Å². The number of carbonyl (C=O) groups excluding carboxylic acids is 1. The van der Waals surface area contributed by atoms with Crippen LogP contribution in [-0.2, 0) is 21.0 Å². The van der Waals surface area contributed by atoms with E-state index in [4.69, 9.17) is 14.7 Å². The number of hydrazine groups is 1. The highest BCUT2D eigenvalue weighted by Crippen LogP contribution is 2.31. The van der Waals surface area contributed by atoms with Crippen molar-refractivity contribution in [3.05, 3.63) is 89.7 Å². The summed E-state index contributed by atoms with van der Waals surface area (Å²) < 4.78 is 28.3. The Kier molecular flexibility index (Phi) is 6.03. The zero-order valence-corrected chi connectivity index (χ0v) is 20.4. The Morgan fingerprint density at radius 3 is 2.42 bits per heavy atom. The second-order valence-corrected chi connectivity index (χ2v) is 10.3. The standard InChI is InChI=1S/C26H23N5O4S/c1-35-26(32)17-8-13-20-21(15-17)27-24-23(20)25(29-22(28-24)14-16-6-4-3-5-7-16)31-30-18-9-11-19(12-10-18)36(2,33)34/h3-13,15,30H,14H2,1-2H3,(H2,27,28,29,31). The van der Waals surface area contributed by atoms with Crippen molar-refractivity contribution in [3.63, 3.8) is 0 Å². The van der Waals surface area contributed by atoms with E-state index in [2.05, 4.69) is 15.8 Å². The molecule has 0 fully saturated rings. The highest BCUT2D eigenvalue weighted by atomic mass is 32.2. The van der Waals surface area contributed by atoms with Gasteiger partial charge in [0.2, 0.25) is 0 Å². The number of rotatable bonds is 7. The molecule has 5 aromatic rings. The summed E-state index contributed by atoms with van der Waals surface area (Å²) in [6.45, 7) is 0. The van der Waals surface area contributed by atoms with Gasteiger partial charge in [-0.15, -0.1) is 0 Å². The van der Waals surface area contributed by atoms with E-state index in [0.29, 0.717) is 35.0 Å². The summed E-state index contributed by atoms with van der Waals surface area (Å²) in [5.74, 6) is 0.712. The number of aromatic amines is 1. The predicted octanol–water partition coefficient (Wildman–Crippen LogP) is 4.33. The first-order valence-corrected chi connectivity index (χ1v) is 13.0. The predicted molar refractivity (Wildman–Crippen MR) is 139 cm³/mol. The molecule has 0 amide bonds. The van der Waals surface area contributed by atoms with Crippen LogP contribution in [0.25, 0.3) is 21.9 Å². The molecule has 0 saturated heterocycles. The Bertz CT molecular complexity index is 1680. The van der Waals surface area contributed by atoms with E-state index in [1.807, 2.05) is 36.4 Å². The number of ether oxygens (including phenoxy) is 1. The minimum Gasteiger partial charge on any atom is -0.465 e. The Morgan fingerprint density at radius 2 is 1.72 bits per heavy atom. The first-order chi connectivity index (χ1) is 17.3. The molecule has 3 N–H and O–H groups in total. The number of hydrogen-bond donors (Lipinski definition) is 3. The van der Waals surface area contributed by atoms with Crippen LogP contribution in [0.5, 0.6) is 0 Å². The fourth-order valence-electron chi connectivity index (χ4n) is 3.96. The fourth-order valence-corrected chi connectivity index (χ4v) is 4.59. The SMILES string of the molecule is COC(=O)c1ccc2c(c1)[nH]c1nc(Cc3ccccc3)nc(NNc3ccc(S(C)(=O)=O)cc3)c12. The van der Waals surface area contributed by atoms with Gasteiger partial charge in [0.1, 0.15) is 11.5 Å². The number of benzene rings is 3. The summed E-state index contributed by atoms with van der Waals surface area (Å²) in [4.78, 5) is 25.1. The number of esters is 1. The minimum absolute atomic E-state index is 0.237. The van der Waals surface area contributed by atoms with Gasteiger partial charge in [0.05, 0.1) is 28.6 Å². The van der Waals surface area contributed by atoms with Gasteiger partial charge in [-0.2, -0.15) is 0 Å². The lowest BCUT2D eigenvalue weighted by Gasteiger charge is -2.12. The summed E-state index contributed by atoms with van der Waals surface area (Å²) >= 11 is 0. The lowest BCUT2D eigenvalue weighted by molar-refractivity contribution is 0.0601. The number of anilines is 2. The first-order valence-electron chi connectivity index (χ1n) is 11.1. The van der Waals surface area contributed by atoms with Crippen molar-refractivity contribution >= 4 is 49.2 Å². The molecule has 10 heteroatoms. The van der Waals surface area contributed by atoms with E-state index < -0.39 is 15.8 Å². The Morgan fingerprint density at radius 1 is 0.972 bits per heavy atom. The van der Waals surface area contributed by atoms with Crippen molar-refractivity contribution in [1.82, 2.24) is 15.0 Å². The largest absolute Gasteiger partial charge is 0.465 e. The molecule has 2 heterocycles. The number of methoxy groups -OCH3 is 1. The molecule has 2 aromatic heterocycles. The van der Waals surface area contributed by atoms with Gasteiger partial charge in [-0.25, -0.2) is 23.2 Å². The van der Waals surface area contributed by atoms with Crippen molar-refractivity contribution in [2.45, 2.75) is 11.3 Å². The third-order valence-electron chi connectivity index (χ3n) is 5.73. The molecule has 0 aliphatic heterocycles. The highest BCUT2D eigenvalue weighted by Gasteiger charge is 2.16. The maximum Gasteiger partial charge on any atom is 0.337 e. The van der Waals surface area contributed by atoms with Crippen LogP contribution in [0.1, 0.15) is 21.7 Å². The van der Waals surface area contributed by atoms with Gasteiger partial charge in [-0.05, 0) is 42.0 Å². The summed E-state index contributed by atoms with van der Waals surface area (Å²) in [7, 11) is -1.94. The summed E-state index contributed by atoms with van der Waals surface area (Å²) in [6.07, 6.45) is 1.69. The summed E-state index contributed by atoms with van der Waals surface area (Å²) in [6, 6.07) is 21.6. The van der Waals surface area contributed by atoms with Crippen molar-refractivity contribution in [1.29, 1.82) is 0 Å². The number of fused-ring (bicyclic) bond motifs is 3. The molecule has 0 atom stereocenters. The lowest BCUT2D eigenvalue weighted by Crippen LogP contribution is -2.12. The molecular formula is C26H23N5O4S. The molecular weight excluding hydrogens is 478 g/mol. The average molecular weight is 502 g/mol. The monoisotopic (exact) mass is 501 g/mol. The van der Waals surface area contributed by atoms with Crippen LogP contribution in [-0.4, -0.2) is 42.7 Å². The molecule has 3 aromatic carbocycles. The normalized spacial score (nSPS) is 11.5. The third kappa shape index (κ3) is 4.71. The van der Waals surface area contributed by atoms with E-state index in [1.165, 1.54) is 25.5 Å². The third-order valence-corrected chi connectivity index (χ3v) is 6.86. The van der Waals surface area contributed by atoms with Gasteiger partial charge in [0, 0.05) is 23.6 Å². The van der Waals surface area contributed by atoms with E-state index in [0.717, 1.165) is 21.9 Å². The highest BCUT2D eigenvalue weighted by molar-refractivity contribution is 7.90. The van der Waals surface area contributed by atoms with Gasteiger partial charge in [-0.1, -0.05) is 36.4 Å². The number of aromatic nitrogens is 3. The molecule has 0 radical (unpaired) electrons. The van der Waals surface area contributed by atoms with Crippen molar-refractivity contribution < 1.29 is 17.9 Å². The van der Waals surface area contributed by atoms with Crippen molar-refractivity contribution in [2.75, 3.05) is 24.2 Å². The van der Waals surface area contributed by atoms with Gasteiger partial charge >= 0.3 is 5.97 Å². The fraction of sp³-hybridized carbons (Fsp3) is 0.115. The molecule has 0 spiro atoms. The average Bonchev–Trinajstić information content (AvgIpc) is 3.24. The number of hydrogen-bond acceptors (Lipinski definition) is 8. The number of sulfone groups is 1. The Labute approximate surface area is 207 Å². The van der Waals surface area contributed by atoms with E-state index >= 15 is 0 Å². The van der Waals surface area contributed by atoms with Crippen LogP contribution in [0.4, 0.5) is 11.5 Å². The van der Waals surface area contributed by atoms with Gasteiger partial charge in [-0.3, -0.25) is 10.9 Å². The molecule has 5 rings (SSSR count). The molecule has 0 aliphatic carbocycles. The van der Waals surface area contributed by atoms with Gasteiger partial charge < -0.3 is 9.72 Å². The zero-order valence-electron chi connectivity index (χ0n) is 19.6. The summed E-state index contributed by atoms with van der Waals surface area (Å²) in [5, 5.41) is 1.58. The van der Waals surface area contributed by atoms with Crippen LogP contribution in [0.3, 0.4) is 0 Å². The zero-order chi connectivity index (χ0) is 25.3. The maximum atomic E-state index is 12.0. The van der Waals surface area contributed by atoms with E-state index in [9.17, 15) is 13.2 Å². The van der Waals surface area contributed by atoms with Crippen molar-refractivity contribution in [2.24, 2.45) is 0 Å². The van der Waals surface area contributed by atoms with Gasteiger partial charge in [0.25, 0.3) is 0 Å². The van der Waals surface area contributed by atoms with Gasteiger partial charge in [0.15, 0.2) is 15.7 Å². The Balaban J connectivity index is 1.55. The first kappa shape index (κ1) is 23.3. The van der Waals surface area contributed by atoms with E-state index in [1.54, 1.807) is 24.3 Å². The van der Waals surface area contributed by atoms with Crippen LogP contribution in [0.15, 0.2) is 77.7 Å². The van der Waals surface area contributed by atoms with Crippen LogP contribution in [0, 0.1) is 0 Å². The number of carbonyl (C=O) groups is 1. The maximum absolute atomic E-state index is 12.0. The molecule has 9 nitrogen and oxygen atoms in total. The molecule has 0 aliphatic rings. The minimum atomic E-state index is -3.29. The smallest absolute Gasteiger partial charge is 0.337 e. The van der Waals surface area contributed by atoms with E-state index in [-0.39, 0.29) is 4.90 Å². The van der Waals surface area contributed by atoms with Crippen LogP contribution < -0.4 is 10.9 Å². The summed E-state index contributed by atoms with van der Waals surface area (Å²) in [5.41, 5.74) is 9.73. The molecule has 0 saturated carbocycles. The Hall–Kier alpha value is -4.44. The number of nitrogens with one attached hydrogen (secondary N) is 3. The van der Waals surface area contributed by atoms with Crippen LogP contribution >= 0.6 is 0 Å².